The van der Waals surface area contributed by atoms with E-state index >= 15 is 0 Å². The molecule has 2 fully saturated rings. The first-order chi connectivity index (χ1) is 9.25. The van der Waals surface area contributed by atoms with Gasteiger partial charge in [-0.05, 0) is 18.8 Å². The molecule has 5 nitrogen and oxygen atoms in total. The van der Waals surface area contributed by atoms with Crippen LogP contribution in [0, 0.1) is 17.8 Å². The van der Waals surface area contributed by atoms with Gasteiger partial charge in [0, 0.05) is 12.4 Å². The molecule has 3 aliphatic heterocycles. The molecule has 3 aliphatic rings. The predicted molar refractivity (Wildman–Crippen MR) is 68.6 cm³/mol. The van der Waals surface area contributed by atoms with Crippen LogP contribution in [0.25, 0.3) is 0 Å². The Balaban J connectivity index is 1.56. The number of ether oxygens (including phenoxy) is 3. The van der Waals surface area contributed by atoms with E-state index in [2.05, 4.69) is 4.99 Å². The summed E-state index contributed by atoms with van der Waals surface area (Å²) < 4.78 is 16.5. The maximum Gasteiger partial charge on any atom is 0.309 e. The molecule has 0 amide bonds. The maximum absolute atomic E-state index is 12.2. The highest BCUT2D eigenvalue weighted by atomic mass is 16.7. The SMILES string of the molecule is CC(C(=O)OC1COC2OCCC12)C1C=CN=CC1. The molecule has 0 aliphatic carbocycles. The van der Waals surface area contributed by atoms with E-state index in [-0.39, 0.29) is 36.1 Å². The van der Waals surface area contributed by atoms with Crippen molar-refractivity contribution in [3.8, 4) is 0 Å². The van der Waals surface area contributed by atoms with Gasteiger partial charge in [-0.3, -0.25) is 9.79 Å². The van der Waals surface area contributed by atoms with Crippen molar-refractivity contribution in [2.75, 3.05) is 13.2 Å². The van der Waals surface area contributed by atoms with Gasteiger partial charge >= 0.3 is 5.97 Å². The van der Waals surface area contributed by atoms with Crippen LogP contribution in [0.15, 0.2) is 17.3 Å². The third-order valence-electron chi connectivity index (χ3n) is 4.17. The average Bonchev–Trinajstić information content (AvgIpc) is 3.04. The van der Waals surface area contributed by atoms with Gasteiger partial charge in [0.05, 0.1) is 25.0 Å². The number of hydrogen-bond acceptors (Lipinski definition) is 5. The first-order valence-electron chi connectivity index (χ1n) is 6.87. The number of esters is 1. The Hall–Kier alpha value is -1.20. The van der Waals surface area contributed by atoms with Crippen LogP contribution >= 0.6 is 0 Å². The third kappa shape index (κ3) is 2.58. The fourth-order valence-electron chi connectivity index (χ4n) is 2.83. The molecule has 0 radical (unpaired) electrons. The molecule has 104 valence electrons. The lowest BCUT2D eigenvalue weighted by Crippen LogP contribution is -2.31. The zero-order valence-electron chi connectivity index (χ0n) is 11.0. The highest BCUT2D eigenvalue weighted by Crippen LogP contribution is 2.34. The van der Waals surface area contributed by atoms with Crippen LogP contribution in [-0.4, -0.2) is 37.8 Å². The largest absolute Gasteiger partial charge is 0.459 e. The summed E-state index contributed by atoms with van der Waals surface area (Å²) in [5.41, 5.74) is 0. The molecule has 3 heterocycles. The van der Waals surface area contributed by atoms with E-state index < -0.39 is 0 Å². The minimum atomic E-state index is -0.171. The lowest BCUT2D eigenvalue weighted by atomic mass is 9.90. The molecule has 0 spiro atoms. The van der Waals surface area contributed by atoms with E-state index in [1.807, 2.05) is 19.2 Å². The van der Waals surface area contributed by atoms with E-state index in [4.69, 9.17) is 14.2 Å². The van der Waals surface area contributed by atoms with Crippen molar-refractivity contribution in [3.63, 3.8) is 0 Å². The van der Waals surface area contributed by atoms with Crippen LogP contribution < -0.4 is 0 Å². The summed E-state index contributed by atoms with van der Waals surface area (Å²) in [4.78, 5) is 16.2. The molecule has 2 saturated heterocycles. The molecule has 5 unspecified atom stereocenters. The molecule has 0 bridgehead atoms. The average molecular weight is 265 g/mol. The van der Waals surface area contributed by atoms with Crippen molar-refractivity contribution in [2.45, 2.75) is 32.2 Å². The van der Waals surface area contributed by atoms with E-state index in [9.17, 15) is 4.79 Å². The lowest BCUT2D eigenvalue weighted by Gasteiger charge is -2.22. The summed E-state index contributed by atoms with van der Waals surface area (Å²) in [5, 5.41) is 0. The molecule has 0 aromatic heterocycles. The highest BCUT2D eigenvalue weighted by Gasteiger charge is 2.44. The Bertz CT molecular complexity index is 406. The fraction of sp³-hybridized carbons (Fsp3) is 0.714. The van der Waals surface area contributed by atoms with Gasteiger partial charge in [-0.25, -0.2) is 0 Å². The number of allylic oxidation sites excluding steroid dienone is 1. The quantitative estimate of drug-likeness (QED) is 0.726. The second-order valence-electron chi connectivity index (χ2n) is 5.36. The standard InChI is InChI=1S/C14H19NO4/c1-9(10-2-5-15-6-3-10)13(16)19-12-8-18-14-11(12)4-7-17-14/h2,5-6,9-12,14H,3-4,7-8H2,1H3. The van der Waals surface area contributed by atoms with Crippen LogP contribution in [0.2, 0.25) is 0 Å². The van der Waals surface area contributed by atoms with Gasteiger partial charge < -0.3 is 14.2 Å². The summed E-state index contributed by atoms with van der Waals surface area (Å²) >= 11 is 0. The summed E-state index contributed by atoms with van der Waals surface area (Å²) in [6.45, 7) is 3.06. The van der Waals surface area contributed by atoms with Gasteiger partial charge in [-0.2, -0.15) is 0 Å². The Labute approximate surface area is 112 Å². The number of carbonyl (C=O) groups is 1. The van der Waals surface area contributed by atoms with Crippen LogP contribution in [0.4, 0.5) is 0 Å². The lowest BCUT2D eigenvalue weighted by molar-refractivity contribution is -0.156. The van der Waals surface area contributed by atoms with Crippen molar-refractivity contribution < 1.29 is 19.0 Å². The molecule has 19 heavy (non-hydrogen) atoms. The Kier molecular flexibility index (Phi) is 3.66. The number of carbonyl (C=O) groups excluding carboxylic acids is 1. The van der Waals surface area contributed by atoms with Crippen LogP contribution in [0.5, 0.6) is 0 Å². The second-order valence-corrected chi connectivity index (χ2v) is 5.36. The van der Waals surface area contributed by atoms with E-state index in [1.54, 1.807) is 6.20 Å². The Morgan fingerprint density at radius 3 is 3.16 bits per heavy atom. The molecule has 0 saturated carbocycles. The smallest absolute Gasteiger partial charge is 0.309 e. The van der Waals surface area contributed by atoms with Gasteiger partial charge in [-0.15, -0.1) is 0 Å². The summed E-state index contributed by atoms with van der Waals surface area (Å²) in [7, 11) is 0. The molecule has 0 N–H and O–H groups in total. The first-order valence-corrected chi connectivity index (χ1v) is 6.87. The van der Waals surface area contributed by atoms with Crippen molar-refractivity contribution in [2.24, 2.45) is 22.7 Å². The highest BCUT2D eigenvalue weighted by molar-refractivity contribution is 5.74. The van der Waals surface area contributed by atoms with Crippen LogP contribution in [0.1, 0.15) is 19.8 Å². The Morgan fingerprint density at radius 1 is 1.47 bits per heavy atom. The molecule has 0 aromatic carbocycles. The summed E-state index contributed by atoms with van der Waals surface area (Å²) in [6, 6.07) is 0. The number of nitrogens with zero attached hydrogens (tertiary/aromatic N) is 1. The van der Waals surface area contributed by atoms with E-state index in [1.165, 1.54) is 0 Å². The van der Waals surface area contributed by atoms with Crippen molar-refractivity contribution in [3.05, 3.63) is 12.3 Å². The minimum absolute atomic E-state index is 0.147. The second kappa shape index (κ2) is 5.43. The summed E-state index contributed by atoms with van der Waals surface area (Å²) in [5.74, 6) is 0.0954. The Morgan fingerprint density at radius 2 is 2.37 bits per heavy atom. The molecule has 0 aromatic rings. The van der Waals surface area contributed by atoms with Gasteiger partial charge in [0.1, 0.15) is 6.10 Å². The number of fused-ring (bicyclic) bond motifs is 1. The van der Waals surface area contributed by atoms with Gasteiger partial charge in [0.15, 0.2) is 6.29 Å². The van der Waals surface area contributed by atoms with Gasteiger partial charge in [0.25, 0.3) is 0 Å². The van der Waals surface area contributed by atoms with E-state index in [0.29, 0.717) is 13.2 Å². The monoisotopic (exact) mass is 265 g/mol. The fourth-order valence-corrected chi connectivity index (χ4v) is 2.83. The maximum atomic E-state index is 12.2. The predicted octanol–water partition coefficient (Wildman–Crippen LogP) is 1.53. The van der Waals surface area contributed by atoms with Crippen LogP contribution in [0.3, 0.4) is 0 Å². The normalized spacial score (nSPS) is 38.2. The number of aliphatic imine (C=N–C) groups is 1. The summed E-state index contributed by atoms with van der Waals surface area (Å²) in [6.07, 6.45) is 6.94. The van der Waals surface area contributed by atoms with Crippen LogP contribution in [-0.2, 0) is 19.0 Å². The number of rotatable bonds is 3. The zero-order chi connectivity index (χ0) is 13.2. The third-order valence-corrected chi connectivity index (χ3v) is 4.17. The molecular formula is C14H19NO4. The minimum Gasteiger partial charge on any atom is -0.459 e. The van der Waals surface area contributed by atoms with E-state index in [0.717, 1.165) is 12.8 Å². The van der Waals surface area contributed by atoms with Crippen molar-refractivity contribution in [1.82, 2.24) is 0 Å². The van der Waals surface area contributed by atoms with Gasteiger partial charge in [-0.1, -0.05) is 13.0 Å². The zero-order valence-corrected chi connectivity index (χ0v) is 11.0. The van der Waals surface area contributed by atoms with Crippen molar-refractivity contribution in [1.29, 1.82) is 0 Å². The van der Waals surface area contributed by atoms with Gasteiger partial charge in [0.2, 0.25) is 0 Å². The molecule has 5 atom stereocenters. The molecule has 5 heteroatoms. The van der Waals surface area contributed by atoms with Crippen molar-refractivity contribution >= 4 is 12.2 Å². The molecule has 3 rings (SSSR count). The topological polar surface area (TPSA) is 57.1 Å². The first kappa shape index (κ1) is 12.8. The number of hydrogen-bond donors (Lipinski definition) is 0. The molecular weight excluding hydrogens is 246 g/mol.